The average Bonchev–Trinajstić information content (AvgIpc) is 3.51. The number of amides is 2. The Morgan fingerprint density at radius 3 is 2.42 bits per heavy atom. The van der Waals surface area contributed by atoms with Crippen molar-refractivity contribution in [1.82, 2.24) is 19.2 Å². The van der Waals surface area contributed by atoms with Crippen molar-refractivity contribution < 1.29 is 13.6 Å². The zero-order valence-corrected chi connectivity index (χ0v) is 22.5. The summed E-state index contributed by atoms with van der Waals surface area (Å²) in [7, 11) is 0. The standard InChI is InChI=1S/C32H29F2N5O/c1-20(2)22-11-13-23(14-12-22)30-29-10-7-17-37(29)31-26(21(3)36-39(31)25-8-5-4-6-9-25)19-38(30)32(40)35-28-16-15-24(33)18-27(28)34/h4-18,20,30H,19H2,1-3H3,(H,35,40). The van der Waals surface area contributed by atoms with E-state index in [0.717, 1.165) is 46.2 Å². The molecule has 5 aromatic rings. The van der Waals surface area contributed by atoms with E-state index in [1.165, 1.54) is 11.6 Å². The van der Waals surface area contributed by atoms with Crippen LogP contribution in [0.25, 0.3) is 11.5 Å². The van der Waals surface area contributed by atoms with Crippen LogP contribution in [0.1, 0.15) is 53.9 Å². The Hall–Kier alpha value is -4.72. The molecule has 2 amide bonds. The normalized spacial score (nSPS) is 14.6. The highest BCUT2D eigenvalue weighted by molar-refractivity contribution is 5.90. The van der Waals surface area contributed by atoms with Crippen LogP contribution in [0.5, 0.6) is 0 Å². The molecule has 0 aliphatic carbocycles. The van der Waals surface area contributed by atoms with Gasteiger partial charge in [0.2, 0.25) is 0 Å². The van der Waals surface area contributed by atoms with Crippen molar-refractivity contribution in [1.29, 1.82) is 0 Å². The van der Waals surface area contributed by atoms with Crippen LogP contribution in [-0.4, -0.2) is 25.3 Å². The summed E-state index contributed by atoms with van der Waals surface area (Å²) in [6.07, 6.45) is 1.98. The molecule has 0 spiro atoms. The number of rotatable bonds is 4. The topological polar surface area (TPSA) is 55.1 Å². The first-order valence-electron chi connectivity index (χ1n) is 13.3. The summed E-state index contributed by atoms with van der Waals surface area (Å²) in [4.78, 5) is 15.7. The van der Waals surface area contributed by atoms with Gasteiger partial charge < -0.3 is 14.8 Å². The molecule has 202 valence electrons. The third-order valence-electron chi connectivity index (χ3n) is 7.44. The van der Waals surface area contributed by atoms with Gasteiger partial charge in [0, 0.05) is 17.8 Å². The van der Waals surface area contributed by atoms with Crippen molar-refractivity contribution in [2.45, 2.75) is 39.3 Å². The van der Waals surface area contributed by atoms with E-state index in [1.54, 1.807) is 4.90 Å². The quantitative estimate of drug-likeness (QED) is 0.258. The second-order valence-electron chi connectivity index (χ2n) is 10.3. The first-order chi connectivity index (χ1) is 19.3. The van der Waals surface area contributed by atoms with E-state index in [4.69, 9.17) is 5.10 Å². The lowest BCUT2D eigenvalue weighted by Crippen LogP contribution is -2.38. The smallest absolute Gasteiger partial charge is 0.307 e. The molecule has 1 aliphatic rings. The van der Waals surface area contributed by atoms with E-state index in [-0.39, 0.29) is 12.2 Å². The summed E-state index contributed by atoms with van der Waals surface area (Å²) >= 11 is 0. The van der Waals surface area contributed by atoms with Gasteiger partial charge in [-0.05, 0) is 60.4 Å². The van der Waals surface area contributed by atoms with Gasteiger partial charge >= 0.3 is 6.03 Å². The minimum Gasteiger partial charge on any atom is -0.307 e. The second-order valence-corrected chi connectivity index (χ2v) is 10.3. The summed E-state index contributed by atoms with van der Waals surface area (Å²) in [5, 5.41) is 7.53. The van der Waals surface area contributed by atoms with Gasteiger partial charge in [0.25, 0.3) is 0 Å². The SMILES string of the molecule is Cc1nn(-c2ccccc2)c2c1CN(C(=O)Nc1ccc(F)cc1F)C(c1ccc(C(C)C)cc1)c1cccn1-2. The van der Waals surface area contributed by atoms with Crippen LogP contribution in [0, 0.1) is 18.6 Å². The number of benzene rings is 3. The molecule has 1 aliphatic heterocycles. The van der Waals surface area contributed by atoms with Crippen LogP contribution in [0.15, 0.2) is 91.1 Å². The highest BCUT2D eigenvalue weighted by Gasteiger charge is 2.36. The fourth-order valence-corrected chi connectivity index (χ4v) is 5.34. The number of hydrogen-bond acceptors (Lipinski definition) is 2. The number of para-hydroxylation sites is 1. The van der Waals surface area contributed by atoms with Crippen LogP contribution in [0.2, 0.25) is 0 Å². The molecule has 0 bridgehead atoms. The summed E-state index contributed by atoms with van der Waals surface area (Å²) in [6, 6.07) is 24.2. The fraction of sp³-hybridized carbons (Fsp3) is 0.188. The van der Waals surface area contributed by atoms with Crippen molar-refractivity contribution in [2.75, 3.05) is 5.32 Å². The number of nitrogens with zero attached hydrogens (tertiary/aromatic N) is 4. The maximum Gasteiger partial charge on any atom is 0.323 e. The van der Waals surface area contributed by atoms with Crippen LogP contribution in [0.3, 0.4) is 0 Å². The van der Waals surface area contributed by atoms with E-state index in [9.17, 15) is 13.6 Å². The zero-order valence-electron chi connectivity index (χ0n) is 22.5. The predicted octanol–water partition coefficient (Wildman–Crippen LogP) is 7.51. The molecule has 6 nitrogen and oxygen atoms in total. The molecule has 1 N–H and O–H groups in total. The summed E-state index contributed by atoms with van der Waals surface area (Å²) in [5.74, 6) is -0.342. The number of fused-ring (bicyclic) bond motifs is 3. The van der Waals surface area contributed by atoms with Gasteiger partial charge in [-0.1, -0.05) is 56.3 Å². The van der Waals surface area contributed by atoms with E-state index in [1.807, 2.05) is 72.4 Å². The Labute approximate surface area is 231 Å². The Morgan fingerprint density at radius 1 is 0.975 bits per heavy atom. The van der Waals surface area contributed by atoms with Crippen LogP contribution in [-0.2, 0) is 6.54 Å². The summed E-state index contributed by atoms with van der Waals surface area (Å²) in [5.41, 5.74) is 5.44. The fourth-order valence-electron chi connectivity index (χ4n) is 5.34. The van der Waals surface area contributed by atoms with Gasteiger partial charge in [-0.2, -0.15) is 5.10 Å². The maximum atomic E-state index is 14.6. The lowest BCUT2D eigenvalue weighted by Gasteiger charge is -2.31. The largest absolute Gasteiger partial charge is 0.323 e. The number of halogens is 2. The molecule has 3 aromatic carbocycles. The third-order valence-corrected chi connectivity index (χ3v) is 7.44. The second kappa shape index (κ2) is 10.1. The molecule has 0 fully saturated rings. The van der Waals surface area contributed by atoms with Crippen molar-refractivity contribution in [2.24, 2.45) is 0 Å². The molecule has 6 rings (SSSR count). The molecule has 0 saturated carbocycles. The maximum absolute atomic E-state index is 14.6. The molecular formula is C32H29F2N5O. The first-order valence-corrected chi connectivity index (χ1v) is 13.3. The van der Waals surface area contributed by atoms with Crippen molar-refractivity contribution >= 4 is 11.7 Å². The Morgan fingerprint density at radius 2 is 1.73 bits per heavy atom. The first kappa shape index (κ1) is 25.6. The van der Waals surface area contributed by atoms with E-state index in [0.29, 0.717) is 5.92 Å². The molecule has 0 saturated heterocycles. The summed E-state index contributed by atoms with van der Waals surface area (Å²) in [6.45, 7) is 6.42. The van der Waals surface area contributed by atoms with E-state index in [2.05, 4.69) is 35.9 Å². The summed E-state index contributed by atoms with van der Waals surface area (Å²) < 4.78 is 32.1. The molecule has 0 radical (unpaired) electrons. The van der Waals surface area contributed by atoms with E-state index < -0.39 is 23.7 Å². The number of urea groups is 1. The molecule has 40 heavy (non-hydrogen) atoms. The zero-order chi connectivity index (χ0) is 28.0. The predicted molar refractivity (Wildman–Crippen MR) is 151 cm³/mol. The monoisotopic (exact) mass is 537 g/mol. The molecule has 1 unspecified atom stereocenters. The lowest BCUT2D eigenvalue weighted by molar-refractivity contribution is 0.194. The molecule has 2 aromatic heterocycles. The number of carbonyl (C=O) groups is 1. The highest BCUT2D eigenvalue weighted by Crippen LogP contribution is 2.39. The van der Waals surface area contributed by atoms with Gasteiger partial charge in [0.05, 0.1) is 35.3 Å². The van der Waals surface area contributed by atoms with Gasteiger partial charge in [-0.25, -0.2) is 18.3 Å². The van der Waals surface area contributed by atoms with Crippen molar-refractivity contribution in [3.63, 3.8) is 0 Å². The van der Waals surface area contributed by atoms with Gasteiger partial charge in [0.1, 0.15) is 17.5 Å². The van der Waals surface area contributed by atoms with Gasteiger partial charge in [0.15, 0.2) is 0 Å². The van der Waals surface area contributed by atoms with E-state index >= 15 is 0 Å². The number of nitrogens with one attached hydrogen (secondary N) is 1. The minimum atomic E-state index is -0.835. The van der Waals surface area contributed by atoms with Crippen LogP contribution >= 0.6 is 0 Å². The Balaban J connectivity index is 1.52. The average molecular weight is 538 g/mol. The number of hydrogen-bond donors (Lipinski definition) is 1. The molecule has 8 heteroatoms. The number of aromatic nitrogens is 3. The minimum absolute atomic E-state index is 0.0862. The van der Waals surface area contributed by atoms with Crippen LogP contribution < -0.4 is 5.32 Å². The third kappa shape index (κ3) is 4.45. The lowest BCUT2D eigenvalue weighted by atomic mass is 9.97. The Kier molecular flexibility index (Phi) is 6.46. The molecule has 1 atom stereocenters. The van der Waals surface area contributed by atoms with Gasteiger partial charge in [-0.15, -0.1) is 0 Å². The van der Waals surface area contributed by atoms with Gasteiger partial charge in [-0.3, -0.25) is 0 Å². The molecule has 3 heterocycles. The molecular weight excluding hydrogens is 508 g/mol. The van der Waals surface area contributed by atoms with Crippen molar-refractivity contribution in [3.05, 3.63) is 131 Å². The Bertz CT molecular complexity index is 1690. The van der Waals surface area contributed by atoms with Crippen molar-refractivity contribution in [3.8, 4) is 11.5 Å². The highest BCUT2D eigenvalue weighted by atomic mass is 19.1. The number of carbonyl (C=O) groups excluding carboxylic acids is 1. The number of anilines is 1. The number of aryl methyl sites for hydroxylation is 1. The van der Waals surface area contributed by atoms with Crippen LogP contribution in [0.4, 0.5) is 19.3 Å².